The first kappa shape index (κ1) is 12.3. The maximum atomic E-state index is 5.54. The molecule has 1 saturated heterocycles. The Morgan fingerprint density at radius 1 is 1.31 bits per heavy atom. The van der Waals surface area contributed by atoms with Gasteiger partial charge in [0.2, 0.25) is 0 Å². The Bertz CT molecular complexity index is 305. The number of hydrogen-bond donors (Lipinski definition) is 0. The highest BCUT2D eigenvalue weighted by molar-refractivity contribution is 14.1. The molecule has 1 aliphatic rings. The molecule has 16 heavy (non-hydrogen) atoms. The van der Waals surface area contributed by atoms with Crippen molar-refractivity contribution in [3.8, 4) is 0 Å². The molecule has 0 amide bonds. The molecule has 0 spiro atoms. The van der Waals surface area contributed by atoms with E-state index < -0.39 is 0 Å². The first-order valence-electron chi connectivity index (χ1n) is 5.68. The third-order valence-electron chi connectivity index (χ3n) is 3.21. The van der Waals surface area contributed by atoms with Gasteiger partial charge >= 0.3 is 0 Å². The van der Waals surface area contributed by atoms with Gasteiger partial charge in [-0.1, -0.05) is 52.9 Å². The zero-order valence-corrected chi connectivity index (χ0v) is 11.8. The fraction of sp³-hybridized carbons (Fsp3) is 0.538. The van der Waals surface area contributed by atoms with Crippen LogP contribution in [0.2, 0.25) is 0 Å². The van der Waals surface area contributed by atoms with Gasteiger partial charge in [0.1, 0.15) is 0 Å². The van der Waals surface area contributed by atoms with Gasteiger partial charge in [-0.25, -0.2) is 0 Å². The lowest BCUT2D eigenvalue weighted by Gasteiger charge is -2.15. The number of halogens is 1. The average Bonchev–Trinajstić information content (AvgIpc) is 2.72. The highest BCUT2D eigenvalue weighted by atomic mass is 127. The molecular weight excluding hydrogens is 313 g/mol. The second-order valence-corrected chi connectivity index (χ2v) is 5.25. The number of alkyl halides is 1. The van der Waals surface area contributed by atoms with Crippen LogP contribution in [0.5, 0.6) is 0 Å². The average molecular weight is 331 g/mol. The van der Waals surface area contributed by atoms with Crippen molar-refractivity contribution >= 4 is 22.6 Å². The molecule has 1 aliphatic heterocycles. The summed E-state index contributed by atoms with van der Waals surface area (Å²) in [4.78, 5) is 2.49. The van der Waals surface area contributed by atoms with Crippen LogP contribution in [0.15, 0.2) is 30.3 Å². The topological polar surface area (TPSA) is 12.5 Å². The van der Waals surface area contributed by atoms with Crippen LogP contribution in [-0.2, 0) is 11.3 Å². The molecule has 2 nitrogen and oxygen atoms in total. The highest BCUT2D eigenvalue weighted by Gasteiger charge is 2.31. The molecule has 0 radical (unpaired) electrons. The van der Waals surface area contributed by atoms with Crippen LogP contribution in [0.4, 0.5) is 0 Å². The molecule has 1 aromatic rings. The number of likely N-dealkylation sites (tertiary alicyclic amines) is 1. The van der Waals surface area contributed by atoms with Gasteiger partial charge in [0.05, 0.1) is 6.10 Å². The Morgan fingerprint density at radius 2 is 2.06 bits per heavy atom. The van der Waals surface area contributed by atoms with Gasteiger partial charge in [-0.05, 0) is 5.56 Å². The third-order valence-corrected chi connectivity index (χ3v) is 4.34. The van der Waals surface area contributed by atoms with Gasteiger partial charge < -0.3 is 4.74 Å². The van der Waals surface area contributed by atoms with Crippen molar-refractivity contribution in [2.45, 2.75) is 12.6 Å². The molecule has 2 unspecified atom stereocenters. The second kappa shape index (κ2) is 5.98. The number of nitrogens with zero attached hydrogens (tertiary/aromatic N) is 1. The first-order chi connectivity index (χ1) is 7.83. The summed E-state index contributed by atoms with van der Waals surface area (Å²) >= 11 is 2.46. The quantitative estimate of drug-likeness (QED) is 0.621. The predicted octanol–water partition coefficient (Wildman–Crippen LogP) is 2.57. The van der Waals surface area contributed by atoms with E-state index in [1.165, 1.54) is 9.99 Å². The lowest BCUT2D eigenvalue weighted by Crippen LogP contribution is -2.23. The number of rotatable bonds is 4. The summed E-state index contributed by atoms with van der Waals surface area (Å²) in [6.45, 7) is 3.28. The molecule has 88 valence electrons. The Morgan fingerprint density at radius 3 is 2.62 bits per heavy atom. The van der Waals surface area contributed by atoms with Crippen molar-refractivity contribution in [2.75, 3.05) is 24.6 Å². The first-order valence-corrected chi connectivity index (χ1v) is 7.21. The van der Waals surface area contributed by atoms with Crippen molar-refractivity contribution in [1.82, 2.24) is 4.90 Å². The number of methoxy groups -OCH3 is 1. The normalized spacial score (nSPS) is 26.1. The largest absolute Gasteiger partial charge is 0.380 e. The van der Waals surface area contributed by atoms with Gasteiger partial charge in [0, 0.05) is 37.1 Å². The molecule has 1 aromatic carbocycles. The van der Waals surface area contributed by atoms with E-state index in [9.17, 15) is 0 Å². The zero-order chi connectivity index (χ0) is 11.4. The summed E-state index contributed by atoms with van der Waals surface area (Å²) in [5, 5.41) is 0. The minimum Gasteiger partial charge on any atom is -0.380 e. The Balaban J connectivity index is 1.93. The van der Waals surface area contributed by atoms with Crippen molar-refractivity contribution in [3.63, 3.8) is 0 Å². The highest BCUT2D eigenvalue weighted by Crippen LogP contribution is 2.23. The molecule has 1 fully saturated rings. The molecule has 0 saturated carbocycles. The Kier molecular flexibility index (Phi) is 4.61. The van der Waals surface area contributed by atoms with Crippen LogP contribution in [0, 0.1) is 5.92 Å². The van der Waals surface area contributed by atoms with E-state index >= 15 is 0 Å². The van der Waals surface area contributed by atoms with Crippen molar-refractivity contribution in [2.24, 2.45) is 5.92 Å². The summed E-state index contributed by atoms with van der Waals surface area (Å²) < 4.78 is 6.72. The minimum absolute atomic E-state index is 0.417. The summed E-state index contributed by atoms with van der Waals surface area (Å²) in [6.07, 6.45) is 0.417. The molecule has 1 heterocycles. The van der Waals surface area contributed by atoms with Crippen LogP contribution in [-0.4, -0.2) is 35.6 Å². The Labute approximate surface area is 111 Å². The maximum Gasteiger partial charge on any atom is 0.0745 e. The van der Waals surface area contributed by atoms with Crippen LogP contribution in [0.25, 0.3) is 0 Å². The standard InChI is InChI=1S/C13H18INO/c1-16-13-10-15(9-12(13)7-14)8-11-5-3-2-4-6-11/h2-6,12-13H,7-10H2,1H3. The summed E-state index contributed by atoms with van der Waals surface area (Å²) in [7, 11) is 1.83. The van der Waals surface area contributed by atoms with E-state index in [-0.39, 0.29) is 0 Å². The summed E-state index contributed by atoms with van der Waals surface area (Å²) in [5.41, 5.74) is 1.39. The molecule has 0 aromatic heterocycles. The van der Waals surface area contributed by atoms with E-state index in [0.29, 0.717) is 12.0 Å². The van der Waals surface area contributed by atoms with Crippen LogP contribution >= 0.6 is 22.6 Å². The molecule has 2 rings (SSSR count). The summed E-state index contributed by atoms with van der Waals surface area (Å²) in [5.74, 6) is 0.689. The second-order valence-electron chi connectivity index (χ2n) is 4.37. The lowest BCUT2D eigenvalue weighted by atomic mass is 10.1. The molecule has 3 heteroatoms. The van der Waals surface area contributed by atoms with Gasteiger partial charge in [-0.15, -0.1) is 0 Å². The van der Waals surface area contributed by atoms with Gasteiger partial charge in [0.25, 0.3) is 0 Å². The van der Waals surface area contributed by atoms with Crippen molar-refractivity contribution < 1.29 is 4.74 Å². The molecule has 0 aliphatic carbocycles. The van der Waals surface area contributed by atoms with Crippen molar-refractivity contribution in [3.05, 3.63) is 35.9 Å². The van der Waals surface area contributed by atoms with Gasteiger partial charge in [-0.3, -0.25) is 4.90 Å². The molecule has 0 bridgehead atoms. The van der Waals surface area contributed by atoms with E-state index in [0.717, 1.165) is 19.6 Å². The van der Waals surface area contributed by atoms with E-state index in [1.807, 2.05) is 7.11 Å². The molecule has 0 N–H and O–H groups in total. The third kappa shape index (κ3) is 2.96. The van der Waals surface area contributed by atoms with Gasteiger partial charge in [0.15, 0.2) is 0 Å². The van der Waals surface area contributed by atoms with E-state index in [2.05, 4.69) is 57.8 Å². The van der Waals surface area contributed by atoms with E-state index in [4.69, 9.17) is 4.74 Å². The maximum absolute atomic E-state index is 5.54. The van der Waals surface area contributed by atoms with Crippen LogP contribution in [0.1, 0.15) is 5.56 Å². The lowest BCUT2D eigenvalue weighted by molar-refractivity contribution is 0.0852. The zero-order valence-electron chi connectivity index (χ0n) is 9.60. The predicted molar refractivity (Wildman–Crippen MR) is 74.9 cm³/mol. The van der Waals surface area contributed by atoms with Crippen molar-refractivity contribution in [1.29, 1.82) is 0 Å². The fourth-order valence-electron chi connectivity index (χ4n) is 2.31. The monoisotopic (exact) mass is 331 g/mol. The van der Waals surface area contributed by atoms with E-state index in [1.54, 1.807) is 0 Å². The smallest absolute Gasteiger partial charge is 0.0745 e. The number of hydrogen-bond acceptors (Lipinski definition) is 2. The molecular formula is C13H18INO. The molecule has 2 atom stereocenters. The van der Waals surface area contributed by atoms with Gasteiger partial charge in [-0.2, -0.15) is 0 Å². The fourth-order valence-corrected chi connectivity index (χ4v) is 3.16. The summed E-state index contributed by atoms with van der Waals surface area (Å²) in [6, 6.07) is 10.7. The van der Waals surface area contributed by atoms with Crippen LogP contribution < -0.4 is 0 Å². The SMILES string of the molecule is COC1CN(Cc2ccccc2)CC1CI. The Hall–Kier alpha value is -0.130. The number of ether oxygens (including phenoxy) is 1. The van der Waals surface area contributed by atoms with Crippen LogP contribution in [0.3, 0.4) is 0 Å². The number of benzene rings is 1. The minimum atomic E-state index is 0.417.